The van der Waals surface area contributed by atoms with E-state index in [1.165, 1.54) is 66.6 Å². The first-order valence-electron chi connectivity index (χ1n) is 10.5. The molecule has 2 rings (SSSR count). The molecule has 0 radical (unpaired) electrons. The second-order valence-corrected chi connectivity index (χ2v) is 9.32. The van der Waals surface area contributed by atoms with Gasteiger partial charge in [-0.05, 0) is 32.1 Å². The standard InChI is InChI=1S/C24H29NO10S/c1-15(26)35-24(2,3)23(27)34-22-12-16(8-9-19(22)31-5)25-36(28,29)11-10-18-20(32-6)13-17(30-4)14-21(18)33-7/h8-14,25H,1-7H3. The molecule has 1 N–H and O–H groups in total. The molecule has 0 aliphatic carbocycles. The Kier molecular flexibility index (Phi) is 9.17. The third-order valence-electron chi connectivity index (χ3n) is 4.68. The van der Waals surface area contributed by atoms with Crippen LogP contribution in [0, 0.1) is 0 Å². The first kappa shape index (κ1) is 28.3. The van der Waals surface area contributed by atoms with Crippen LogP contribution < -0.4 is 28.4 Å². The highest BCUT2D eigenvalue weighted by atomic mass is 32.2. The molecule has 11 nitrogen and oxygen atoms in total. The summed E-state index contributed by atoms with van der Waals surface area (Å²) in [5.41, 5.74) is -1.11. The molecule has 0 fully saturated rings. The Bertz CT molecular complexity index is 1230. The van der Waals surface area contributed by atoms with E-state index in [-0.39, 0.29) is 17.2 Å². The second kappa shape index (κ2) is 11.7. The largest absolute Gasteiger partial charge is 0.496 e. The maximum Gasteiger partial charge on any atom is 0.355 e. The lowest BCUT2D eigenvalue weighted by Gasteiger charge is -2.22. The van der Waals surface area contributed by atoms with E-state index in [0.29, 0.717) is 22.8 Å². The molecule has 0 aliphatic heterocycles. The molecule has 36 heavy (non-hydrogen) atoms. The summed E-state index contributed by atoms with van der Waals surface area (Å²) in [5.74, 6) is -0.312. The van der Waals surface area contributed by atoms with Gasteiger partial charge in [-0.15, -0.1) is 0 Å². The number of carbonyl (C=O) groups excluding carboxylic acids is 2. The summed E-state index contributed by atoms with van der Waals surface area (Å²) < 4.78 is 59.2. The summed E-state index contributed by atoms with van der Waals surface area (Å²) in [7, 11) is 1.67. The molecule has 2 aromatic rings. The maximum absolute atomic E-state index is 12.8. The van der Waals surface area contributed by atoms with Gasteiger partial charge >= 0.3 is 11.9 Å². The van der Waals surface area contributed by atoms with Gasteiger partial charge in [0.15, 0.2) is 11.5 Å². The minimum Gasteiger partial charge on any atom is -0.496 e. The topological polar surface area (TPSA) is 136 Å². The van der Waals surface area contributed by atoms with Crippen LogP contribution in [0.1, 0.15) is 26.3 Å². The molecule has 0 heterocycles. The average molecular weight is 524 g/mol. The van der Waals surface area contributed by atoms with Gasteiger partial charge in [-0.2, -0.15) is 0 Å². The van der Waals surface area contributed by atoms with E-state index in [9.17, 15) is 18.0 Å². The van der Waals surface area contributed by atoms with Crippen molar-refractivity contribution in [3.63, 3.8) is 0 Å². The van der Waals surface area contributed by atoms with E-state index in [1.54, 1.807) is 12.1 Å². The number of nitrogens with one attached hydrogen (secondary N) is 1. The van der Waals surface area contributed by atoms with Crippen molar-refractivity contribution in [3.05, 3.63) is 41.3 Å². The number of methoxy groups -OCH3 is 4. The molecule has 0 aliphatic rings. The van der Waals surface area contributed by atoms with E-state index in [2.05, 4.69) is 4.72 Å². The predicted octanol–water partition coefficient (Wildman–Crippen LogP) is 3.38. The number of carbonyl (C=O) groups is 2. The highest BCUT2D eigenvalue weighted by molar-refractivity contribution is 7.95. The van der Waals surface area contributed by atoms with Gasteiger partial charge in [0, 0.05) is 25.1 Å². The zero-order chi connectivity index (χ0) is 27.1. The number of hydrogen-bond acceptors (Lipinski definition) is 10. The van der Waals surface area contributed by atoms with E-state index in [0.717, 1.165) is 12.3 Å². The molecule has 0 saturated carbocycles. The van der Waals surface area contributed by atoms with Gasteiger partial charge < -0.3 is 28.4 Å². The maximum atomic E-state index is 12.8. The van der Waals surface area contributed by atoms with Crippen LogP contribution in [0.4, 0.5) is 5.69 Å². The van der Waals surface area contributed by atoms with Gasteiger partial charge in [-0.1, -0.05) is 0 Å². The Morgan fingerprint density at radius 1 is 0.861 bits per heavy atom. The third kappa shape index (κ3) is 7.28. The van der Waals surface area contributed by atoms with Gasteiger partial charge in [0.2, 0.25) is 5.60 Å². The lowest BCUT2D eigenvalue weighted by Crippen LogP contribution is -2.40. The summed E-state index contributed by atoms with van der Waals surface area (Å²) in [6.07, 6.45) is 1.31. The van der Waals surface area contributed by atoms with Crippen molar-refractivity contribution in [2.75, 3.05) is 33.2 Å². The molecule has 196 valence electrons. The Morgan fingerprint density at radius 3 is 1.94 bits per heavy atom. The average Bonchev–Trinajstić information content (AvgIpc) is 2.81. The molecule has 0 bridgehead atoms. The summed E-state index contributed by atoms with van der Waals surface area (Å²) in [4.78, 5) is 23.8. The second-order valence-electron chi connectivity index (χ2n) is 7.75. The third-order valence-corrected chi connectivity index (χ3v) is 5.70. The highest BCUT2D eigenvalue weighted by Gasteiger charge is 2.34. The van der Waals surface area contributed by atoms with Crippen molar-refractivity contribution < 1.29 is 46.4 Å². The molecule has 0 unspecified atom stereocenters. The van der Waals surface area contributed by atoms with Gasteiger partial charge in [0.1, 0.15) is 17.2 Å². The normalized spacial score (nSPS) is 11.5. The number of anilines is 1. The van der Waals surface area contributed by atoms with Crippen LogP contribution >= 0.6 is 0 Å². The van der Waals surface area contributed by atoms with Crippen LogP contribution in [-0.4, -0.2) is 54.4 Å². The molecule has 0 aromatic heterocycles. The first-order chi connectivity index (χ1) is 16.9. The SMILES string of the molecule is COc1cc(OC)c(C=CS(=O)(=O)Nc2ccc(OC)c(OC(=O)C(C)(C)OC(C)=O)c2)c(OC)c1. The van der Waals surface area contributed by atoms with Crippen molar-refractivity contribution in [3.8, 4) is 28.7 Å². The zero-order valence-electron chi connectivity index (χ0n) is 21.0. The number of hydrogen-bond donors (Lipinski definition) is 1. The van der Waals surface area contributed by atoms with Gasteiger partial charge in [-0.3, -0.25) is 9.52 Å². The summed E-state index contributed by atoms with van der Waals surface area (Å²) in [6.45, 7) is 3.89. The molecule has 12 heteroatoms. The van der Waals surface area contributed by atoms with Crippen molar-refractivity contribution in [1.82, 2.24) is 0 Å². The number of sulfonamides is 1. The van der Waals surface area contributed by atoms with Crippen LogP contribution in [0.15, 0.2) is 35.7 Å². The minimum atomic E-state index is -4.03. The first-order valence-corrected chi connectivity index (χ1v) is 12.0. The molecule has 0 spiro atoms. The lowest BCUT2D eigenvalue weighted by atomic mass is 10.1. The van der Waals surface area contributed by atoms with Crippen molar-refractivity contribution in [2.45, 2.75) is 26.4 Å². The zero-order valence-corrected chi connectivity index (χ0v) is 21.8. The summed E-state index contributed by atoms with van der Waals surface area (Å²) >= 11 is 0. The number of esters is 2. The van der Waals surface area contributed by atoms with Crippen molar-refractivity contribution >= 4 is 33.7 Å². The fourth-order valence-electron chi connectivity index (χ4n) is 3.00. The van der Waals surface area contributed by atoms with E-state index in [4.69, 9.17) is 28.4 Å². The quantitative estimate of drug-likeness (QED) is 0.345. The van der Waals surface area contributed by atoms with E-state index in [1.807, 2.05) is 0 Å². The minimum absolute atomic E-state index is 0.0783. The van der Waals surface area contributed by atoms with Gasteiger partial charge in [0.05, 0.1) is 45.1 Å². The summed E-state index contributed by atoms with van der Waals surface area (Å²) in [6, 6.07) is 7.28. The number of benzene rings is 2. The fraction of sp³-hybridized carbons (Fsp3) is 0.333. The smallest absolute Gasteiger partial charge is 0.355 e. The number of ether oxygens (including phenoxy) is 6. The Morgan fingerprint density at radius 2 is 1.44 bits per heavy atom. The lowest BCUT2D eigenvalue weighted by molar-refractivity contribution is -0.170. The van der Waals surface area contributed by atoms with Crippen LogP contribution in [0.2, 0.25) is 0 Å². The Labute approximate surface area is 209 Å². The fourth-order valence-corrected chi connectivity index (χ4v) is 3.84. The van der Waals surface area contributed by atoms with Crippen LogP contribution in [0.25, 0.3) is 6.08 Å². The highest BCUT2D eigenvalue weighted by Crippen LogP contribution is 2.36. The van der Waals surface area contributed by atoms with E-state index >= 15 is 0 Å². The number of rotatable bonds is 11. The Balaban J connectivity index is 2.33. The van der Waals surface area contributed by atoms with E-state index < -0.39 is 27.6 Å². The Hall–Kier alpha value is -3.93. The predicted molar refractivity (Wildman–Crippen MR) is 132 cm³/mol. The summed E-state index contributed by atoms with van der Waals surface area (Å²) in [5, 5.41) is 0.930. The molecule has 0 atom stereocenters. The monoisotopic (exact) mass is 523 g/mol. The van der Waals surface area contributed by atoms with Crippen LogP contribution in [-0.2, 0) is 24.3 Å². The molecule has 2 aromatic carbocycles. The molecular weight excluding hydrogens is 494 g/mol. The van der Waals surface area contributed by atoms with Crippen LogP contribution in [0.3, 0.4) is 0 Å². The van der Waals surface area contributed by atoms with Crippen molar-refractivity contribution in [1.29, 1.82) is 0 Å². The van der Waals surface area contributed by atoms with Crippen LogP contribution in [0.5, 0.6) is 28.7 Å². The van der Waals surface area contributed by atoms with Gasteiger partial charge in [-0.25, -0.2) is 13.2 Å². The molecule has 0 saturated heterocycles. The molecular formula is C24H29NO10S. The molecule has 0 amide bonds. The van der Waals surface area contributed by atoms with Gasteiger partial charge in [0.25, 0.3) is 10.0 Å². The van der Waals surface area contributed by atoms with Crippen molar-refractivity contribution in [2.24, 2.45) is 0 Å².